The van der Waals surface area contributed by atoms with E-state index in [2.05, 4.69) is 26.1 Å². The molecule has 0 saturated heterocycles. The molecule has 0 aliphatic heterocycles. The lowest BCUT2D eigenvalue weighted by atomic mass is 9.64. The Morgan fingerprint density at radius 1 is 1.31 bits per heavy atom. The number of para-hydroxylation sites is 1. The van der Waals surface area contributed by atoms with Crippen LogP contribution in [-0.4, -0.2) is 18.7 Å². The average molecular weight is 219 g/mol. The van der Waals surface area contributed by atoms with E-state index in [9.17, 15) is 0 Å². The van der Waals surface area contributed by atoms with Gasteiger partial charge in [-0.05, 0) is 18.7 Å². The van der Waals surface area contributed by atoms with Crippen LogP contribution in [0.15, 0.2) is 30.3 Å². The maximum Gasteiger partial charge on any atom is 0.119 e. The Labute approximate surface area is 98.0 Å². The van der Waals surface area contributed by atoms with Crippen LogP contribution in [0.3, 0.4) is 0 Å². The maximum atomic E-state index is 6.00. The second kappa shape index (κ2) is 4.46. The molecule has 0 bridgehead atoms. The summed E-state index contributed by atoms with van der Waals surface area (Å²) < 4.78 is 6.00. The zero-order chi connectivity index (χ0) is 11.6. The lowest BCUT2D eigenvalue weighted by Gasteiger charge is -2.51. The normalized spacial score (nSPS) is 27.2. The van der Waals surface area contributed by atoms with Crippen molar-refractivity contribution in [3.8, 4) is 5.75 Å². The molecule has 1 N–H and O–H groups in total. The molecule has 1 saturated carbocycles. The molecule has 1 aromatic rings. The van der Waals surface area contributed by atoms with Gasteiger partial charge in [-0.2, -0.15) is 0 Å². The van der Waals surface area contributed by atoms with Gasteiger partial charge in [0.05, 0.1) is 0 Å². The summed E-state index contributed by atoms with van der Waals surface area (Å²) in [5.74, 6) is 0.982. The van der Waals surface area contributed by atoms with Crippen LogP contribution in [0.4, 0.5) is 0 Å². The van der Waals surface area contributed by atoms with Crippen LogP contribution < -0.4 is 10.1 Å². The minimum atomic E-state index is 0.228. The van der Waals surface area contributed by atoms with E-state index in [1.165, 1.54) is 0 Å². The number of benzene rings is 1. The predicted octanol–water partition coefficient (Wildman–Crippen LogP) is 2.84. The summed E-state index contributed by atoms with van der Waals surface area (Å²) in [5.41, 5.74) is 0.228. The van der Waals surface area contributed by atoms with Crippen molar-refractivity contribution in [2.75, 3.05) is 6.54 Å². The number of nitrogens with one attached hydrogen (secondary N) is 1. The van der Waals surface area contributed by atoms with Gasteiger partial charge < -0.3 is 10.1 Å². The molecule has 2 nitrogen and oxygen atoms in total. The Hall–Kier alpha value is -1.02. The molecule has 0 radical (unpaired) electrons. The second-order valence-electron chi connectivity index (χ2n) is 5.09. The van der Waals surface area contributed by atoms with Gasteiger partial charge in [-0.15, -0.1) is 0 Å². The van der Waals surface area contributed by atoms with Crippen LogP contribution in [0, 0.1) is 5.41 Å². The molecule has 0 heterocycles. The maximum absolute atomic E-state index is 6.00. The zero-order valence-corrected chi connectivity index (χ0v) is 10.4. The van der Waals surface area contributed by atoms with Gasteiger partial charge in [0, 0.05) is 17.9 Å². The van der Waals surface area contributed by atoms with Crippen LogP contribution in [0.5, 0.6) is 5.75 Å². The molecule has 2 rings (SSSR count). The third-order valence-corrected chi connectivity index (χ3v) is 3.65. The number of hydrogen-bond acceptors (Lipinski definition) is 2. The number of rotatable bonds is 4. The molecular weight excluding hydrogens is 198 g/mol. The van der Waals surface area contributed by atoms with Crippen molar-refractivity contribution >= 4 is 0 Å². The van der Waals surface area contributed by atoms with Crippen LogP contribution in [-0.2, 0) is 0 Å². The highest BCUT2D eigenvalue weighted by atomic mass is 16.5. The van der Waals surface area contributed by atoms with E-state index in [0.717, 1.165) is 18.7 Å². The number of ether oxygens (including phenoxy) is 1. The van der Waals surface area contributed by atoms with Crippen molar-refractivity contribution in [2.24, 2.45) is 5.41 Å². The fraction of sp³-hybridized carbons (Fsp3) is 0.571. The summed E-state index contributed by atoms with van der Waals surface area (Å²) in [6, 6.07) is 10.7. The molecule has 1 fully saturated rings. The zero-order valence-electron chi connectivity index (χ0n) is 10.4. The first-order valence-electron chi connectivity index (χ1n) is 6.09. The molecule has 0 spiro atoms. The standard InChI is InChI=1S/C14H21NO/c1-4-15-12-10-13(14(12,2)3)16-11-8-6-5-7-9-11/h5-9,12-13,15H,4,10H2,1-3H3. The fourth-order valence-corrected chi connectivity index (χ4v) is 2.34. The summed E-state index contributed by atoms with van der Waals surface area (Å²) in [4.78, 5) is 0. The smallest absolute Gasteiger partial charge is 0.119 e. The van der Waals surface area contributed by atoms with Gasteiger partial charge in [0.2, 0.25) is 0 Å². The summed E-state index contributed by atoms with van der Waals surface area (Å²) in [7, 11) is 0. The van der Waals surface area contributed by atoms with Crippen molar-refractivity contribution < 1.29 is 4.74 Å². The van der Waals surface area contributed by atoms with Gasteiger partial charge in [-0.25, -0.2) is 0 Å². The Bertz CT molecular complexity index is 334. The first-order valence-corrected chi connectivity index (χ1v) is 6.09. The first kappa shape index (κ1) is 11.5. The van der Waals surface area contributed by atoms with E-state index in [0.29, 0.717) is 12.1 Å². The lowest BCUT2D eigenvalue weighted by Crippen LogP contribution is -2.62. The molecule has 1 aliphatic rings. The van der Waals surface area contributed by atoms with E-state index in [-0.39, 0.29) is 5.41 Å². The van der Waals surface area contributed by atoms with Gasteiger partial charge in [-0.3, -0.25) is 0 Å². The van der Waals surface area contributed by atoms with Gasteiger partial charge in [0.25, 0.3) is 0 Å². The molecule has 2 unspecified atom stereocenters. The van der Waals surface area contributed by atoms with Crippen molar-refractivity contribution in [1.82, 2.24) is 5.32 Å². The summed E-state index contributed by atoms with van der Waals surface area (Å²) in [6.07, 6.45) is 1.44. The van der Waals surface area contributed by atoms with E-state index < -0.39 is 0 Å². The Morgan fingerprint density at radius 3 is 2.56 bits per heavy atom. The number of hydrogen-bond donors (Lipinski definition) is 1. The van der Waals surface area contributed by atoms with Crippen molar-refractivity contribution in [3.63, 3.8) is 0 Å². The Balaban J connectivity index is 1.94. The molecule has 16 heavy (non-hydrogen) atoms. The van der Waals surface area contributed by atoms with Gasteiger partial charge in [0.1, 0.15) is 11.9 Å². The molecule has 0 amide bonds. The molecule has 2 heteroatoms. The monoisotopic (exact) mass is 219 g/mol. The van der Waals surface area contributed by atoms with Crippen LogP contribution in [0.25, 0.3) is 0 Å². The van der Waals surface area contributed by atoms with Gasteiger partial charge in [0.15, 0.2) is 0 Å². The van der Waals surface area contributed by atoms with Crippen LogP contribution in [0.1, 0.15) is 27.2 Å². The van der Waals surface area contributed by atoms with E-state index >= 15 is 0 Å². The van der Waals surface area contributed by atoms with E-state index in [1.54, 1.807) is 0 Å². The van der Waals surface area contributed by atoms with Crippen LogP contribution >= 0.6 is 0 Å². The third-order valence-electron chi connectivity index (χ3n) is 3.65. The highest BCUT2D eigenvalue weighted by Crippen LogP contribution is 2.42. The molecule has 0 aromatic heterocycles. The van der Waals surface area contributed by atoms with Gasteiger partial charge in [-0.1, -0.05) is 39.0 Å². The molecule has 2 atom stereocenters. The molecular formula is C14H21NO. The predicted molar refractivity (Wildman–Crippen MR) is 66.7 cm³/mol. The molecule has 88 valence electrons. The highest BCUT2D eigenvalue weighted by molar-refractivity contribution is 5.22. The van der Waals surface area contributed by atoms with Crippen molar-refractivity contribution in [3.05, 3.63) is 30.3 Å². The summed E-state index contributed by atoms with van der Waals surface area (Å²) >= 11 is 0. The highest BCUT2D eigenvalue weighted by Gasteiger charge is 2.49. The van der Waals surface area contributed by atoms with Crippen molar-refractivity contribution in [1.29, 1.82) is 0 Å². The van der Waals surface area contributed by atoms with Crippen LogP contribution in [0.2, 0.25) is 0 Å². The lowest BCUT2D eigenvalue weighted by molar-refractivity contribution is -0.0541. The third kappa shape index (κ3) is 2.07. The minimum absolute atomic E-state index is 0.228. The molecule has 1 aromatic carbocycles. The SMILES string of the molecule is CCNC1CC(Oc2ccccc2)C1(C)C. The average Bonchev–Trinajstić information content (AvgIpc) is 2.29. The topological polar surface area (TPSA) is 21.3 Å². The quantitative estimate of drug-likeness (QED) is 0.840. The summed E-state index contributed by atoms with van der Waals surface area (Å²) in [5, 5.41) is 3.51. The van der Waals surface area contributed by atoms with E-state index in [4.69, 9.17) is 4.74 Å². The van der Waals surface area contributed by atoms with E-state index in [1.807, 2.05) is 30.3 Å². The van der Waals surface area contributed by atoms with Gasteiger partial charge >= 0.3 is 0 Å². The van der Waals surface area contributed by atoms with Crippen molar-refractivity contribution in [2.45, 2.75) is 39.3 Å². The largest absolute Gasteiger partial charge is 0.490 e. The minimum Gasteiger partial charge on any atom is -0.490 e. The Morgan fingerprint density at radius 2 is 2.00 bits per heavy atom. The fourth-order valence-electron chi connectivity index (χ4n) is 2.34. The first-order chi connectivity index (χ1) is 7.64. The second-order valence-corrected chi connectivity index (χ2v) is 5.09. The Kier molecular flexibility index (Phi) is 3.20. The summed E-state index contributed by atoms with van der Waals surface area (Å²) in [6.45, 7) is 7.74. The molecule has 1 aliphatic carbocycles.